The van der Waals surface area contributed by atoms with E-state index in [0.29, 0.717) is 0 Å². The lowest BCUT2D eigenvalue weighted by atomic mass is 9.77. The molecular formula is C54H50O26. The predicted molar refractivity (Wildman–Crippen MR) is 262 cm³/mol. The van der Waals surface area contributed by atoms with Crippen molar-refractivity contribution >= 4 is 71.6 Å². The Kier molecular flexibility index (Phi) is 18.3. The first-order valence-corrected chi connectivity index (χ1v) is 23.7. The van der Waals surface area contributed by atoms with E-state index in [0.717, 1.165) is 126 Å². The zero-order valence-electron chi connectivity index (χ0n) is 44.7. The van der Waals surface area contributed by atoms with Gasteiger partial charge in [0.25, 0.3) is 0 Å². The quantitative estimate of drug-likeness (QED) is 0.101. The molecule has 0 aliphatic carbocycles. The molecule has 6 rings (SSSR count). The minimum Gasteiger partial charge on any atom is -0.481 e. The van der Waals surface area contributed by atoms with Gasteiger partial charge in [0, 0.05) is 136 Å². The third-order valence-electron chi connectivity index (χ3n) is 10.8. The molecule has 5 atom stereocenters. The van der Waals surface area contributed by atoms with Gasteiger partial charge in [-0.3, -0.25) is 57.5 Å². The normalized spacial score (nSPS) is 16.6. The molecule has 0 bridgehead atoms. The van der Waals surface area contributed by atoms with E-state index in [2.05, 4.69) is 0 Å². The van der Waals surface area contributed by atoms with Crippen LogP contribution < -0.4 is 56.8 Å². The summed E-state index contributed by atoms with van der Waals surface area (Å²) in [5.74, 6) is -19.0. The predicted octanol–water partition coefficient (Wildman–Crippen LogP) is 5.74. The summed E-state index contributed by atoms with van der Waals surface area (Å²) >= 11 is 0. The number of carbonyl (C=O) groups is 12. The second-order valence-corrected chi connectivity index (χ2v) is 17.5. The molecule has 2 aliphatic rings. The molecule has 4 aromatic rings. The van der Waals surface area contributed by atoms with E-state index >= 15 is 0 Å². The second-order valence-electron chi connectivity index (χ2n) is 17.5. The number of carbonyl (C=O) groups excluding carboxylic acids is 12. The van der Waals surface area contributed by atoms with Crippen molar-refractivity contribution in [3.63, 3.8) is 0 Å². The fraction of sp³-hybridized carbons (Fsp3) is 0.333. The van der Waals surface area contributed by atoms with Gasteiger partial charge in [0.2, 0.25) is 11.5 Å². The lowest BCUT2D eigenvalue weighted by Gasteiger charge is -2.42. The first-order chi connectivity index (χ1) is 37.5. The first-order valence-electron chi connectivity index (χ1n) is 23.7. The Morgan fingerprint density at radius 1 is 0.362 bits per heavy atom. The standard InChI is InChI=1S/C54H50O26/c1-21(55)67-35-17-38(69-23(3)57)46-39(18-35)79-50(34-15-43(73-27(7)61)53(77-31(11)65)44(16-34)74-28(8)62)54(78-32(12)66)48(46)47-40(70-24(4)58)20-37(68-22(2)56)36-19-45(75-29(9)63)49(80-51(36)47)33-13-41(71-25(5)59)52(76-30(10)64)42(14-33)72-26(6)60/h13-18,20,45,48-50,54H,19H2,1-12H3. The van der Waals surface area contributed by atoms with Crippen molar-refractivity contribution in [3.05, 3.63) is 70.3 Å². The van der Waals surface area contributed by atoms with E-state index in [1.54, 1.807) is 0 Å². The van der Waals surface area contributed by atoms with Gasteiger partial charge in [-0.2, -0.15) is 0 Å². The number of esters is 12. The monoisotopic (exact) mass is 1110 g/mol. The number of rotatable bonds is 15. The van der Waals surface area contributed by atoms with Crippen LogP contribution in [-0.4, -0.2) is 83.8 Å². The van der Waals surface area contributed by atoms with Crippen molar-refractivity contribution in [1.29, 1.82) is 0 Å². The average Bonchev–Trinajstić information content (AvgIpc) is 3.51. The fourth-order valence-corrected chi connectivity index (χ4v) is 8.70. The molecule has 26 nitrogen and oxygen atoms in total. The topological polar surface area (TPSA) is 334 Å². The maximum Gasteiger partial charge on any atom is 0.308 e. The molecule has 80 heavy (non-hydrogen) atoms. The molecule has 0 radical (unpaired) electrons. The van der Waals surface area contributed by atoms with Crippen molar-refractivity contribution in [3.8, 4) is 69.0 Å². The third kappa shape index (κ3) is 14.4. The summed E-state index contributed by atoms with van der Waals surface area (Å²) in [5.41, 5.74) is -1.03. The highest BCUT2D eigenvalue weighted by Crippen LogP contribution is 2.60. The average molecular weight is 1110 g/mol. The number of fused-ring (bicyclic) bond motifs is 2. The van der Waals surface area contributed by atoms with E-state index < -0.39 is 160 Å². The van der Waals surface area contributed by atoms with Gasteiger partial charge < -0.3 is 66.3 Å². The van der Waals surface area contributed by atoms with E-state index in [1.807, 2.05) is 0 Å². The second kappa shape index (κ2) is 24.6. The largest absolute Gasteiger partial charge is 0.481 e. The van der Waals surface area contributed by atoms with E-state index in [1.165, 1.54) is 0 Å². The van der Waals surface area contributed by atoms with Gasteiger partial charge in [0.15, 0.2) is 41.3 Å². The van der Waals surface area contributed by atoms with Crippen LogP contribution in [0.2, 0.25) is 0 Å². The molecule has 26 heteroatoms. The molecule has 0 aromatic heterocycles. The van der Waals surface area contributed by atoms with Gasteiger partial charge in [-0.25, -0.2) is 0 Å². The van der Waals surface area contributed by atoms with Crippen LogP contribution in [0.5, 0.6) is 69.0 Å². The third-order valence-corrected chi connectivity index (χ3v) is 10.8. The van der Waals surface area contributed by atoms with Gasteiger partial charge in [-0.1, -0.05) is 0 Å². The zero-order chi connectivity index (χ0) is 59.2. The lowest BCUT2D eigenvalue weighted by Crippen LogP contribution is -2.40. The summed E-state index contributed by atoms with van der Waals surface area (Å²) in [5, 5.41) is 0. The molecule has 0 spiro atoms. The van der Waals surface area contributed by atoms with Crippen LogP contribution in [-0.2, 0) is 73.4 Å². The van der Waals surface area contributed by atoms with Gasteiger partial charge in [-0.05, 0) is 24.3 Å². The van der Waals surface area contributed by atoms with E-state index in [-0.39, 0.29) is 45.1 Å². The highest BCUT2D eigenvalue weighted by atomic mass is 16.6. The van der Waals surface area contributed by atoms with Crippen molar-refractivity contribution in [2.45, 2.75) is 120 Å². The van der Waals surface area contributed by atoms with Gasteiger partial charge in [0.1, 0.15) is 40.6 Å². The molecule has 0 amide bonds. The Hall–Kier alpha value is -9.88. The number of hydrogen-bond donors (Lipinski definition) is 0. The van der Waals surface area contributed by atoms with Crippen LogP contribution in [0, 0.1) is 0 Å². The Morgan fingerprint density at radius 2 is 0.738 bits per heavy atom. The Balaban J connectivity index is 1.85. The highest BCUT2D eigenvalue weighted by Gasteiger charge is 2.51. The smallest absolute Gasteiger partial charge is 0.308 e. The molecule has 422 valence electrons. The molecule has 4 aromatic carbocycles. The highest BCUT2D eigenvalue weighted by molar-refractivity contribution is 5.82. The Labute approximate surface area is 453 Å². The minimum atomic E-state index is -1.90. The zero-order valence-corrected chi connectivity index (χ0v) is 44.7. The summed E-state index contributed by atoms with van der Waals surface area (Å²) in [6, 6.07) is 7.78. The van der Waals surface area contributed by atoms with E-state index in [4.69, 9.17) is 66.3 Å². The van der Waals surface area contributed by atoms with E-state index in [9.17, 15) is 57.5 Å². The maximum atomic E-state index is 13.7. The van der Waals surface area contributed by atoms with Crippen LogP contribution in [0.3, 0.4) is 0 Å². The molecule has 2 heterocycles. The first kappa shape index (κ1) is 59.4. The van der Waals surface area contributed by atoms with Crippen molar-refractivity contribution < 1.29 is 124 Å². The van der Waals surface area contributed by atoms with Crippen LogP contribution >= 0.6 is 0 Å². The van der Waals surface area contributed by atoms with Crippen LogP contribution in [0.4, 0.5) is 0 Å². The summed E-state index contributed by atoms with van der Waals surface area (Å²) in [6.45, 7) is 12.1. The molecule has 0 saturated carbocycles. The minimum absolute atomic E-state index is 0.123. The molecule has 2 aliphatic heterocycles. The Bertz CT molecular complexity index is 3220. The summed E-state index contributed by atoms with van der Waals surface area (Å²) in [4.78, 5) is 154. The summed E-state index contributed by atoms with van der Waals surface area (Å²) < 4.78 is 80.9. The van der Waals surface area contributed by atoms with Crippen molar-refractivity contribution in [2.24, 2.45) is 0 Å². The molecular weight excluding hydrogens is 1060 g/mol. The van der Waals surface area contributed by atoms with Gasteiger partial charge in [-0.15, -0.1) is 0 Å². The van der Waals surface area contributed by atoms with Crippen molar-refractivity contribution in [2.75, 3.05) is 0 Å². The summed E-state index contributed by atoms with van der Waals surface area (Å²) in [6.07, 6.45) is -7.36. The van der Waals surface area contributed by atoms with Crippen molar-refractivity contribution in [1.82, 2.24) is 0 Å². The number of benzene rings is 4. The fourth-order valence-electron chi connectivity index (χ4n) is 8.70. The van der Waals surface area contributed by atoms with Gasteiger partial charge in [0.05, 0.1) is 5.92 Å². The lowest BCUT2D eigenvalue weighted by molar-refractivity contribution is -0.154. The molecule has 0 saturated heterocycles. The SMILES string of the molecule is CC(=O)Oc1cc(OC(C)=O)c2c(c1)OC(c1cc(OC(C)=O)c(OC(C)=O)c(OC(C)=O)c1)C(OC(C)=O)C2c1c(OC(C)=O)cc(OC(C)=O)c2c1OC(c1cc(OC(C)=O)c(OC(C)=O)c(OC(C)=O)c1)C(OC(C)=O)C2. The van der Waals surface area contributed by atoms with Gasteiger partial charge >= 0.3 is 71.6 Å². The van der Waals surface area contributed by atoms with Crippen LogP contribution in [0.25, 0.3) is 0 Å². The molecule has 0 N–H and O–H groups in total. The Morgan fingerprint density at radius 3 is 1.14 bits per heavy atom. The molecule has 5 unspecified atom stereocenters. The summed E-state index contributed by atoms with van der Waals surface area (Å²) in [7, 11) is 0. The number of hydrogen-bond acceptors (Lipinski definition) is 26. The number of ether oxygens (including phenoxy) is 14. The van der Waals surface area contributed by atoms with Crippen LogP contribution in [0.1, 0.15) is 129 Å². The van der Waals surface area contributed by atoms with Crippen LogP contribution in [0.15, 0.2) is 42.5 Å². The maximum absolute atomic E-state index is 13.7. The molecule has 0 fully saturated rings.